The molecule has 1 aliphatic rings. The third-order valence-corrected chi connectivity index (χ3v) is 5.04. The van der Waals surface area contributed by atoms with Crippen LogP contribution in [0.15, 0.2) is 17.5 Å². The normalized spacial score (nSPS) is 21.5. The summed E-state index contributed by atoms with van der Waals surface area (Å²) < 4.78 is 0. The van der Waals surface area contributed by atoms with Gasteiger partial charge in [-0.15, -0.1) is 11.3 Å². The van der Waals surface area contributed by atoms with Gasteiger partial charge in [-0.25, -0.2) is 0 Å². The highest BCUT2D eigenvalue weighted by atomic mass is 32.1. The maximum absolute atomic E-state index is 6.33. The predicted octanol–water partition coefficient (Wildman–Crippen LogP) is 3.26. The summed E-state index contributed by atoms with van der Waals surface area (Å²) in [5, 5.41) is 2.15. The van der Waals surface area contributed by atoms with E-state index in [0.29, 0.717) is 12.1 Å². The van der Waals surface area contributed by atoms with Gasteiger partial charge in [0, 0.05) is 17.0 Å². The zero-order chi connectivity index (χ0) is 12.4. The highest BCUT2D eigenvalue weighted by Gasteiger charge is 2.35. The van der Waals surface area contributed by atoms with Crippen molar-refractivity contribution in [3.8, 4) is 0 Å². The van der Waals surface area contributed by atoms with E-state index in [9.17, 15) is 0 Å². The van der Waals surface area contributed by atoms with E-state index in [1.54, 1.807) is 0 Å². The van der Waals surface area contributed by atoms with E-state index in [1.165, 1.54) is 17.7 Å². The molecule has 96 valence electrons. The van der Waals surface area contributed by atoms with Gasteiger partial charge in [0.05, 0.1) is 6.04 Å². The van der Waals surface area contributed by atoms with Crippen LogP contribution in [0, 0.1) is 5.92 Å². The third-order valence-electron chi connectivity index (χ3n) is 4.10. The fraction of sp³-hybridized carbons (Fsp3) is 0.714. The van der Waals surface area contributed by atoms with Gasteiger partial charge >= 0.3 is 0 Å². The Morgan fingerprint density at radius 3 is 2.71 bits per heavy atom. The third kappa shape index (κ3) is 2.90. The molecule has 0 spiro atoms. The summed E-state index contributed by atoms with van der Waals surface area (Å²) >= 11 is 1.83. The Kier molecular flexibility index (Phi) is 4.23. The molecule has 2 N–H and O–H groups in total. The van der Waals surface area contributed by atoms with Crippen molar-refractivity contribution in [1.82, 2.24) is 4.90 Å². The van der Waals surface area contributed by atoms with Crippen LogP contribution in [0.2, 0.25) is 0 Å². The molecule has 3 heteroatoms. The van der Waals surface area contributed by atoms with Crippen LogP contribution < -0.4 is 5.73 Å². The Balaban J connectivity index is 2.14. The van der Waals surface area contributed by atoms with Crippen molar-refractivity contribution in [3.63, 3.8) is 0 Å². The summed E-state index contributed by atoms with van der Waals surface area (Å²) in [5.41, 5.74) is 6.33. The first-order valence-corrected chi connectivity index (χ1v) is 7.54. The number of likely N-dealkylation sites (N-methyl/N-ethyl adjacent to an activating group) is 1. The minimum absolute atomic E-state index is 0.236. The lowest BCUT2D eigenvalue weighted by Gasteiger charge is -2.36. The zero-order valence-electron chi connectivity index (χ0n) is 11.1. The second kappa shape index (κ2) is 5.51. The van der Waals surface area contributed by atoms with E-state index >= 15 is 0 Å². The molecule has 1 heterocycles. The lowest BCUT2D eigenvalue weighted by Crippen LogP contribution is -2.43. The lowest BCUT2D eigenvalue weighted by molar-refractivity contribution is 0.146. The second-order valence-electron chi connectivity index (χ2n) is 5.28. The van der Waals surface area contributed by atoms with Gasteiger partial charge in [0.15, 0.2) is 0 Å². The second-order valence-corrected chi connectivity index (χ2v) is 6.26. The minimum atomic E-state index is 0.236. The van der Waals surface area contributed by atoms with Gasteiger partial charge in [0.25, 0.3) is 0 Å². The minimum Gasteiger partial charge on any atom is -0.326 e. The number of rotatable bonds is 6. The smallest absolute Gasteiger partial charge is 0.0593 e. The number of thiophene rings is 1. The van der Waals surface area contributed by atoms with E-state index in [2.05, 4.69) is 43.3 Å². The molecule has 1 aliphatic carbocycles. The molecule has 1 aromatic rings. The van der Waals surface area contributed by atoms with Crippen LogP contribution in [-0.4, -0.2) is 24.0 Å². The monoisotopic (exact) mass is 252 g/mol. The average Bonchev–Trinajstić information content (AvgIpc) is 3.06. The Labute approximate surface area is 109 Å². The molecule has 0 aromatic carbocycles. The molecular formula is C14H24N2S. The highest BCUT2D eigenvalue weighted by molar-refractivity contribution is 7.10. The summed E-state index contributed by atoms with van der Waals surface area (Å²) in [7, 11) is 2.24. The number of nitrogens with zero attached hydrogens (tertiary/aromatic N) is 1. The van der Waals surface area contributed by atoms with Gasteiger partial charge < -0.3 is 5.73 Å². The molecule has 0 saturated heterocycles. The maximum Gasteiger partial charge on any atom is 0.0593 e. The Hall–Kier alpha value is -0.380. The van der Waals surface area contributed by atoms with Gasteiger partial charge in [0.2, 0.25) is 0 Å². The summed E-state index contributed by atoms with van der Waals surface area (Å²) in [6.45, 7) is 4.53. The van der Waals surface area contributed by atoms with Crippen LogP contribution in [0.5, 0.6) is 0 Å². The molecule has 1 aromatic heterocycles. The molecule has 0 radical (unpaired) electrons. The summed E-state index contributed by atoms with van der Waals surface area (Å²) in [6, 6.07) is 5.63. The zero-order valence-corrected chi connectivity index (χ0v) is 11.9. The van der Waals surface area contributed by atoms with E-state index < -0.39 is 0 Å². The fourth-order valence-electron chi connectivity index (χ4n) is 2.56. The lowest BCUT2D eigenvalue weighted by atomic mass is 10.0. The van der Waals surface area contributed by atoms with Gasteiger partial charge in [-0.05, 0) is 50.6 Å². The van der Waals surface area contributed by atoms with Crippen molar-refractivity contribution in [2.75, 3.05) is 7.05 Å². The van der Waals surface area contributed by atoms with Crippen LogP contribution in [-0.2, 0) is 0 Å². The molecule has 2 nitrogen and oxygen atoms in total. The van der Waals surface area contributed by atoms with Crippen LogP contribution in [0.1, 0.15) is 44.0 Å². The number of nitrogens with two attached hydrogens (primary N) is 1. The molecule has 3 atom stereocenters. The van der Waals surface area contributed by atoms with E-state index in [4.69, 9.17) is 5.73 Å². The van der Waals surface area contributed by atoms with Gasteiger partial charge in [-0.1, -0.05) is 13.0 Å². The molecule has 1 fully saturated rings. The molecule has 3 unspecified atom stereocenters. The van der Waals surface area contributed by atoms with Crippen LogP contribution in [0.3, 0.4) is 0 Å². The molecule has 0 amide bonds. The number of hydrogen-bond acceptors (Lipinski definition) is 3. The summed E-state index contributed by atoms with van der Waals surface area (Å²) in [5.74, 6) is 0.895. The van der Waals surface area contributed by atoms with Gasteiger partial charge in [0.1, 0.15) is 0 Å². The largest absolute Gasteiger partial charge is 0.326 e. The van der Waals surface area contributed by atoms with Gasteiger partial charge in [-0.2, -0.15) is 0 Å². The molecular weight excluding hydrogens is 228 g/mol. The van der Waals surface area contributed by atoms with Crippen LogP contribution in [0.4, 0.5) is 0 Å². The Morgan fingerprint density at radius 1 is 1.53 bits per heavy atom. The summed E-state index contributed by atoms with van der Waals surface area (Å²) in [4.78, 5) is 3.91. The molecule has 0 bridgehead atoms. The fourth-order valence-corrected chi connectivity index (χ4v) is 3.51. The van der Waals surface area contributed by atoms with Crippen molar-refractivity contribution in [2.24, 2.45) is 11.7 Å². The molecule has 2 rings (SSSR count). The average molecular weight is 252 g/mol. The van der Waals surface area contributed by atoms with Crippen molar-refractivity contribution in [2.45, 2.75) is 51.2 Å². The number of hydrogen-bond donors (Lipinski definition) is 1. The van der Waals surface area contributed by atoms with Crippen molar-refractivity contribution in [1.29, 1.82) is 0 Å². The topological polar surface area (TPSA) is 29.3 Å². The molecule has 0 aliphatic heterocycles. The van der Waals surface area contributed by atoms with Crippen LogP contribution >= 0.6 is 11.3 Å². The quantitative estimate of drug-likeness (QED) is 0.842. The predicted molar refractivity (Wildman–Crippen MR) is 75.3 cm³/mol. The van der Waals surface area contributed by atoms with Crippen molar-refractivity contribution >= 4 is 11.3 Å². The van der Waals surface area contributed by atoms with Crippen molar-refractivity contribution < 1.29 is 0 Å². The van der Waals surface area contributed by atoms with E-state index in [1.807, 2.05) is 11.3 Å². The van der Waals surface area contributed by atoms with E-state index in [0.717, 1.165) is 12.3 Å². The maximum atomic E-state index is 6.33. The van der Waals surface area contributed by atoms with E-state index in [-0.39, 0.29) is 6.04 Å². The first kappa shape index (κ1) is 13.1. The molecule has 1 saturated carbocycles. The SMILES string of the molecule is CCC(N)C(c1cccs1)N(C)C(C)C1CC1. The van der Waals surface area contributed by atoms with Crippen molar-refractivity contribution in [3.05, 3.63) is 22.4 Å². The standard InChI is InChI=1S/C14H24N2S/c1-4-12(15)14(13-6-5-9-17-13)16(3)10(2)11-7-8-11/h5-6,9-12,14H,4,7-8,15H2,1-3H3. The first-order valence-electron chi connectivity index (χ1n) is 6.66. The summed E-state index contributed by atoms with van der Waals surface area (Å²) in [6.07, 6.45) is 3.82. The Bertz CT molecular complexity index is 332. The highest BCUT2D eigenvalue weighted by Crippen LogP contribution is 2.39. The van der Waals surface area contributed by atoms with Crippen LogP contribution in [0.25, 0.3) is 0 Å². The Morgan fingerprint density at radius 2 is 2.24 bits per heavy atom. The van der Waals surface area contributed by atoms with Gasteiger partial charge in [-0.3, -0.25) is 4.90 Å². The first-order chi connectivity index (χ1) is 8.15. The molecule has 17 heavy (non-hydrogen) atoms.